The summed E-state index contributed by atoms with van der Waals surface area (Å²) in [7, 11) is 0. The van der Waals surface area contributed by atoms with Crippen LogP contribution in [-0.2, 0) is 0 Å². The molecule has 18 heavy (non-hydrogen) atoms. The Labute approximate surface area is 103 Å². The predicted octanol–water partition coefficient (Wildman–Crippen LogP) is 3.33. The summed E-state index contributed by atoms with van der Waals surface area (Å²) in [6.45, 7) is 0. The van der Waals surface area contributed by atoms with E-state index in [-0.39, 0.29) is 11.1 Å². The third kappa shape index (κ3) is 1.70. The molecule has 0 amide bonds. The average Bonchev–Trinajstić information content (AvgIpc) is 2.40. The van der Waals surface area contributed by atoms with Crippen LogP contribution in [-0.4, -0.2) is 4.98 Å². The van der Waals surface area contributed by atoms with Gasteiger partial charge in [0.05, 0.1) is 5.52 Å². The van der Waals surface area contributed by atoms with Crippen LogP contribution < -0.4 is 5.56 Å². The summed E-state index contributed by atoms with van der Waals surface area (Å²) in [6.07, 6.45) is 0. The van der Waals surface area contributed by atoms with Crippen molar-refractivity contribution in [1.29, 1.82) is 0 Å². The Kier molecular flexibility index (Phi) is 2.45. The Morgan fingerprint density at radius 2 is 1.72 bits per heavy atom. The lowest BCUT2D eigenvalue weighted by Gasteiger charge is -2.06. The molecule has 2 aromatic carbocycles. The Hall–Kier alpha value is -2.42. The minimum Gasteiger partial charge on any atom is -0.319 e. The van der Waals surface area contributed by atoms with Gasteiger partial charge in [-0.1, -0.05) is 42.5 Å². The number of para-hydroxylation sites is 1. The van der Waals surface area contributed by atoms with Crippen LogP contribution in [0.2, 0.25) is 0 Å². The minimum atomic E-state index is -0.414. The van der Waals surface area contributed by atoms with Crippen molar-refractivity contribution >= 4 is 10.9 Å². The highest BCUT2D eigenvalue weighted by Crippen LogP contribution is 2.26. The van der Waals surface area contributed by atoms with Gasteiger partial charge in [0.1, 0.15) is 5.82 Å². The molecule has 0 aliphatic heterocycles. The van der Waals surface area contributed by atoms with Crippen molar-refractivity contribution in [2.45, 2.75) is 0 Å². The molecule has 0 aliphatic rings. The summed E-state index contributed by atoms with van der Waals surface area (Å²) in [5, 5.41) is 0.709. The van der Waals surface area contributed by atoms with E-state index in [0.717, 1.165) is 11.1 Å². The summed E-state index contributed by atoms with van der Waals surface area (Å²) >= 11 is 0. The van der Waals surface area contributed by atoms with Gasteiger partial charge in [-0.25, -0.2) is 4.39 Å². The molecule has 0 atom stereocenters. The third-order valence-corrected chi connectivity index (χ3v) is 2.91. The fourth-order valence-electron chi connectivity index (χ4n) is 2.10. The van der Waals surface area contributed by atoms with Crippen LogP contribution >= 0.6 is 0 Å². The molecule has 0 saturated heterocycles. The monoisotopic (exact) mass is 239 g/mol. The molecule has 0 unspecified atom stereocenters. The number of aromatic nitrogens is 1. The number of halogens is 1. The number of hydrogen-bond donors (Lipinski definition) is 1. The van der Waals surface area contributed by atoms with Gasteiger partial charge < -0.3 is 4.98 Å². The molecule has 1 N–H and O–H groups in total. The highest BCUT2D eigenvalue weighted by Gasteiger charge is 2.08. The molecule has 0 aliphatic carbocycles. The lowest BCUT2D eigenvalue weighted by molar-refractivity contribution is 0.636. The Balaban J connectivity index is 2.43. The smallest absolute Gasteiger partial charge is 0.249 e. The average molecular weight is 239 g/mol. The molecule has 0 fully saturated rings. The summed E-state index contributed by atoms with van der Waals surface area (Å²) in [6, 6.07) is 15.8. The van der Waals surface area contributed by atoms with Gasteiger partial charge in [0, 0.05) is 11.5 Å². The quantitative estimate of drug-likeness (QED) is 0.694. The van der Waals surface area contributed by atoms with Crippen molar-refractivity contribution < 1.29 is 4.39 Å². The van der Waals surface area contributed by atoms with Crippen molar-refractivity contribution in [3.8, 4) is 11.1 Å². The number of H-pyrrole nitrogens is 1. The van der Waals surface area contributed by atoms with E-state index in [1.807, 2.05) is 30.3 Å². The zero-order valence-electron chi connectivity index (χ0n) is 9.48. The maximum atomic E-state index is 13.7. The molecule has 0 saturated carbocycles. The molecule has 0 bridgehead atoms. The summed E-state index contributed by atoms with van der Waals surface area (Å²) in [4.78, 5) is 14.1. The molecule has 3 aromatic rings. The Morgan fingerprint density at radius 3 is 2.50 bits per heavy atom. The zero-order valence-corrected chi connectivity index (χ0v) is 9.48. The standard InChI is InChI=1S/C15H10FNO/c16-13-8-4-7-11-12(9-14(18)17-15(11)13)10-5-2-1-3-6-10/h1-9H,(H,17,18). The fourth-order valence-corrected chi connectivity index (χ4v) is 2.10. The molecule has 2 nitrogen and oxygen atoms in total. The molecule has 1 heterocycles. The van der Waals surface area contributed by atoms with Crippen molar-refractivity contribution in [2.75, 3.05) is 0 Å². The molecule has 1 aromatic heterocycles. The molecule has 88 valence electrons. The minimum absolute atomic E-state index is 0.254. The van der Waals surface area contributed by atoms with Crippen LogP contribution in [0.4, 0.5) is 4.39 Å². The van der Waals surface area contributed by atoms with Gasteiger partial charge in [0.15, 0.2) is 0 Å². The van der Waals surface area contributed by atoms with Gasteiger partial charge in [-0.05, 0) is 17.2 Å². The van der Waals surface area contributed by atoms with E-state index < -0.39 is 5.82 Å². The van der Waals surface area contributed by atoms with Crippen molar-refractivity contribution in [2.24, 2.45) is 0 Å². The van der Waals surface area contributed by atoms with Crippen molar-refractivity contribution in [1.82, 2.24) is 4.98 Å². The van der Waals surface area contributed by atoms with E-state index in [0.29, 0.717) is 5.39 Å². The van der Waals surface area contributed by atoms with Crippen LogP contribution in [0.15, 0.2) is 59.4 Å². The predicted molar refractivity (Wildman–Crippen MR) is 70.0 cm³/mol. The van der Waals surface area contributed by atoms with Gasteiger partial charge >= 0.3 is 0 Å². The van der Waals surface area contributed by atoms with Gasteiger partial charge in [0.2, 0.25) is 5.56 Å². The first-order chi connectivity index (χ1) is 8.75. The highest BCUT2D eigenvalue weighted by atomic mass is 19.1. The number of pyridine rings is 1. The number of nitrogens with one attached hydrogen (secondary N) is 1. The molecule has 0 spiro atoms. The molecular weight excluding hydrogens is 229 g/mol. The molecule has 3 heteroatoms. The van der Waals surface area contributed by atoms with E-state index >= 15 is 0 Å². The lowest BCUT2D eigenvalue weighted by atomic mass is 10.0. The fraction of sp³-hybridized carbons (Fsp3) is 0. The zero-order chi connectivity index (χ0) is 12.5. The first-order valence-electron chi connectivity index (χ1n) is 5.63. The lowest BCUT2D eigenvalue weighted by Crippen LogP contribution is -2.05. The number of fused-ring (bicyclic) bond motifs is 1. The number of hydrogen-bond acceptors (Lipinski definition) is 1. The van der Waals surface area contributed by atoms with Crippen molar-refractivity contribution in [3.05, 3.63) is 70.8 Å². The topological polar surface area (TPSA) is 32.9 Å². The van der Waals surface area contributed by atoms with E-state index in [1.54, 1.807) is 12.1 Å². The SMILES string of the molecule is O=c1cc(-c2ccccc2)c2cccc(F)c2[nH]1. The largest absolute Gasteiger partial charge is 0.319 e. The third-order valence-electron chi connectivity index (χ3n) is 2.91. The van der Waals surface area contributed by atoms with Crippen molar-refractivity contribution in [3.63, 3.8) is 0 Å². The summed E-state index contributed by atoms with van der Waals surface area (Å²) < 4.78 is 13.7. The van der Waals surface area contributed by atoms with E-state index in [2.05, 4.69) is 4.98 Å². The first-order valence-corrected chi connectivity index (χ1v) is 5.63. The number of rotatable bonds is 1. The van der Waals surface area contributed by atoms with Gasteiger partial charge in [0.25, 0.3) is 0 Å². The maximum Gasteiger partial charge on any atom is 0.249 e. The second kappa shape index (κ2) is 4.11. The van der Waals surface area contributed by atoms with Gasteiger partial charge in [-0.3, -0.25) is 4.79 Å². The first kappa shape index (κ1) is 10.7. The van der Waals surface area contributed by atoms with E-state index in [9.17, 15) is 9.18 Å². The number of benzene rings is 2. The van der Waals surface area contributed by atoms with E-state index in [4.69, 9.17) is 0 Å². The second-order valence-corrected chi connectivity index (χ2v) is 4.08. The molecule has 0 radical (unpaired) electrons. The van der Waals surface area contributed by atoms with E-state index in [1.165, 1.54) is 12.1 Å². The van der Waals surface area contributed by atoms with Crippen LogP contribution in [0, 0.1) is 5.82 Å². The normalized spacial score (nSPS) is 10.7. The summed E-state index contributed by atoms with van der Waals surface area (Å²) in [5.74, 6) is -0.414. The second-order valence-electron chi connectivity index (χ2n) is 4.08. The molecular formula is C15H10FNO. The van der Waals surface area contributed by atoms with Crippen LogP contribution in [0.3, 0.4) is 0 Å². The Bertz CT molecular complexity index is 762. The van der Waals surface area contributed by atoms with Crippen LogP contribution in [0.5, 0.6) is 0 Å². The summed E-state index contributed by atoms with van der Waals surface area (Å²) in [5.41, 5.74) is 1.60. The Morgan fingerprint density at radius 1 is 0.944 bits per heavy atom. The number of aromatic amines is 1. The van der Waals surface area contributed by atoms with Crippen LogP contribution in [0.25, 0.3) is 22.0 Å². The van der Waals surface area contributed by atoms with Gasteiger partial charge in [-0.15, -0.1) is 0 Å². The molecule has 3 rings (SSSR count). The van der Waals surface area contributed by atoms with Gasteiger partial charge in [-0.2, -0.15) is 0 Å². The van der Waals surface area contributed by atoms with Crippen LogP contribution in [0.1, 0.15) is 0 Å². The maximum absolute atomic E-state index is 13.7. The highest BCUT2D eigenvalue weighted by molar-refractivity contribution is 5.94.